The van der Waals surface area contributed by atoms with Gasteiger partial charge in [0.1, 0.15) is 23.4 Å². The van der Waals surface area contributed by atoms with Crippen LogP contribution < -0.4 is 15.4 Å². The molecule has 39 heavy (non-hydrogen) atoms. The van der Waals surface area contributed by atoms with Gasteiger partial charge >= 0.3 is 6.09 Å². The van der Waals surface area contributed by atoms with Gasteiger partial charge in [-0.15, -0.1) is 0 Å². The Bertz CT molecular complexity index is 1120. The molecule has 0 aromatic heterocycles. The maximum Gasteiger partial charge on any atom is 0.408 e. The molecule has 3 amide bonds. The summed E-state index contributed by atoms with van der Waals surface area (Å²) in [6, 6.07) is 10.5. The van der Waals surface area contributed by atoms with E-state index in [9.17, 15) is 19.5 Å². The molecule has 3 N–H and O–H groups in total. The van der Waals surface area contributed by atoms with Crippen molar-refractivity contribution >= 4 is 35.4 Å². The summed E-state index contributed by atoms with van der Waals surface area (Å²) in [6.07, 6.45) is 1.50. The molecule has 0 spiro atoms. The molecule has 2 rings (SSSR count). The van der Waals surface area contributed by atoms with Gasteiger partial charge in [-0.25, -0.2) is 4.79 Å². The Morgan fingerprint density at radius 2 is 1.74 bits per heavy atom. The zero-order valence-corrected chi connectivity index (χ0v) is 24.7. The van der Waals surface area contributed by atoms with Crippen molar-refractivity contribution in [3.63, 3.8) is 0 Å². The molecule has 2 atom stereocenters. The van der Waals surface area contributed by atoms with Gasteiger partial charge in [-0.3, -0.25) is 9.59 Å². The van der Waals surface area contributed by atoms with E-state index < -0.39 is 35.6 Å². The molecular weight excluding hydrogens is 518 g/mol. The number of ether oxygens (including phenoxy) is 2. The fraction of sp³-hybridized carbons (Fsp3) is 0.483. The lowest BCUT2D eigenvalue weighted by molar-refractivity contribution is -0.141. The highest BCUT2D eigenvalue weighted by Gasteiger charge is 2.36. The Hall–Kier alpha value is -3.24. The van der Waals surface area contributed by atoms with Crippen LogP contribution in [0.5, 0.6) is 5.75 Å². The number of hydrogen-bond acceptors (Lipinski definition) is 7. The minimum atomic E-state index is -1.07. The van der Waals surface area contributed by atoms with E-state index in [1.165, 1.54) is 16.7 Å². The molecule has 0 radical (unpaired) electrons. The lowest BCUT2D eigenvalue weighted by atomic mass is 9.96. The number of nitrogens with zero attached hydrogens (tertiary/aromatic N) is 1. The lowest BCUT2D eigenvalue weighted by Crippen LogP contribution is -2.53. The Labute approximate surface area is 235 Å². The highest BCUT2D eigenvalue weighted by molar-refractivity contribution is 7.98. The second kappa shape index (κ2) is 14.8. The first-order valence-corrected chi connectivity index (χ1v) is 14.2. The first kappa shape index (κ1) is 32.0. The second-order valence-electron chi connectivity index (χ2n) is 10.2. The van der Waals surface area contributed by atoms with Crippen LogP contribution in [0.25, 0.3) is 0 Å². The van der Waals surface area contributed by atoms with Gasteiger partial charge in [-0.05, 0) is 88.4 Å². The van der Waals surface area contributed by atoms with Crippen LogP contribution in [0.4, 0.5) is 10.5 Å². The third kappa shape index (κ3) is 9.78. The van der Waals surface area contributed by atoms with Crippen LogP contribution in [0.3, 0.4) is 0 Å². The van der Waals surface area contributed by atoms with E-state index >= 15 is 0 Å². The molecular formula is C29H41N3O6S. The minimum absolute atomic E-state index is 0.112. The monoisotopic (exact) mass is 559 g/mol. The van der Waals surface area contributed by atoms with Crippen LogP contribution in [0.15, 0.2) is 42.5 Å². The third-order valence-corrected chi connectivity index (χ3v) is 6.51. The summed E-state index contributed by atoms with van der Waals surface area (Å²) in [7, 11) is 1.56. The first-order chi connectivity index (χ1) is 18.4. The molecule has 0 saturated heterocycles. The van der Waals surface area contributed by atoms with Gasteiger partial charge in [-0.1, -0.05) is 23.8 Å². The topological polar surface area (TPSA) is 117 Å². The van der Waals surface area contributed by atoms with Crippen LogP contribution >= 0.6 is 11.8 Å². The summed E-state index contributed by atoms with van der Waals surface area (Å²) < 4.78 is 10.6. The van der Waals surface area contributed by atoms with Crippen molar-refractivity contribution in [3.8, 4) is 5.75 Å². The van der Waals surface area contributed by atoms with E-state index in [2.05, 4.69) is 10.6 Å². The van der Waals surface area contributed by atoms with Crippen molar-refractivity contribution in [3.05, 3.63) is 59.2 Å². The number of thioether (sulfide) groups is 1. The number of carbonyl (C=O) groups is 3. The summed E-state index contributed by atoms with van der Waals surface area (Å²) in [4.78, 5) is 41.9. The zero-order valence-electron chi connectivity index (χ0n) is 23.9. The number of hydrogen-bond donors (Lipinski definition) is 3. The van der Waals surface area contributed by atoms with Crippen molar-refractivity contribution < 1.29 is 29.0 Å². The van der Waals surface area contributed by atoms with E-state index in [0.29, 0.717) is 29.2 Å². The predicted octanol–water partition coefficient (Wildman–Crippen LogP) is 4.46. The molecule has 2 aromatic carbocycles. The number of aryl methyl sites for hydroxylation is 2. The largest absolute Gasteiger partial charge is 0.497 e. The normalized spacial score (nSPS) is 12.7. The highest BCUT2D eigenvalue weighted by atomic mass is 32.2. The number of carbonyl (C=O) groups excluding carboxylic acids is 3. The molecule has 0 heterocycles. The molecule has 214 valence electrons. The first-order valence-electron chi connectivity index (χ1n) is 12.8. The van der Waals surface area contributed by atoms with Gasteiger partial charge in [0.15, 0.2) is 0 Å². The minimum Gasteiger partial charge on any atom is -0.497 e. The van der Waals surface area contributed by atoms with E-state index in [1.54, 1.807) is 52.1 Å². The maximum atomic E-state index is 14.0. The van der Waals surface area contributed by atoms with Gasteiger partial charge in [0.2, 0.25) is 5.91 Å². The van der Waals surface area contributed by atoms with Crippen LogP contribution in [0.1, 0.15) is 49.9 Å². The number of methoxy groups -OCH3 is 1. The predicted molar refractivity (Wildman–Crippen MR) is 155 cm³/mol. The molecule has 9 nitrogen and oxygen atoms in total. The summed E-state index contributed by atoms with van der Waals surface area (Å²) in [5, 5.41) is 15.6. The van der Waals surface area contributed by atoms with Crippen LogP contribution in [-0.4, -0.2) is 71.8 Å². The Balaban J connectivity index is 2.52. The number of anilines is 1. The number of alkyl carbamates (subject to hydrolysis) is 1. The fourth-order valence-corrected chi connectivity index (χ4v) is 4.48. The Kier molecular flexibility index (Phi) is 12.1. The number of rotatable bonds is 12. The van der Waals surface area contributed by atoms with Gasteiger partial charge in [0.25, 0.3) is 5.91 Å². The van der Waals surface area contributed by atoms with Gasteiger partial charge in [-0.2, -0.15) is 11.8 Å². The second-order valence-corrected chi connectivity index (χ2v) is 11.2. The molecule has 0 aliphatic rings. The Morgan fingerprint density at radius 3 is 2.31 bits per heavy atom. The van der Waals surface area contributed by atoms with E-state index in [1.807, 2.05) is 38.3 Å². The van der Waals surface area contributed by atoms with Crippen molar-refractivity contribution in [2.75, 3.05) is 37.6 Å². The summed E-state index contributed by atoms with van der Waals surface area (Å²) in [5.74, 6) is 0.294. The Morgan fingerprint density at radius 1 is 1.08 bits per heavy atom. The molecule has 0 bridgehead atoms. The fourth-order valence-electron chi connectivity index (χ4n) is 4.01. The molecule has 0 aliphatic carbocycles. The van der Waals surface area contributed by atoms with E-state index in [-0.39, 0.29) is 13.2 Å². The summed E-state index contributed by atoms with van der Waals surface area (Å²) in [5.41, 5.74) is 2.13. The van der Waals surface area contributed by atoms with Crippen LogP contribution in [0, 0.1) is 13.8 Å². The maximum absolute atomic E-state index is 14.0. The van der Waals surface area contributed by atoms with Crippen molar-refractivity contribution in [2.45, 2.75) is 58.7 Å². The highest BCUT2D eigenvalue weighted by Crippen LogP contribution is 2.28. The lowest BCUT2D eigenvalue weighted by Gasteiger charge is -2.35. The number of aliphatic hydroxyl groups is 1. The molecule has 0 aliphatic heterocycles. The van der Waals surface area contributed by atoms with Crippen LogP contribution in [0.2, 0.25) is 0 Å². The molecule has 2 unspecified atom stereocenters. The molecule has 0 fully saturated rings. The SMILES string of the molecule is COc1ccc(NC(=O)C(c2cc(C)ccc2C)N(CCO)C(=O)C(CCSC)NC(=O)OC(C)(C)C)cc1. The van der Waals surface area contributed by atoms with Crippen molar-refractivity contribution in [2.24, 2.45) is 0 Å². The van der Waals surface area contributed by atoms with Crippen molar-refractivity contribution in [1.29, 1.82) is 0 Å². The van der Waals surface area contributed by atoms with Crippen molar-refractivity contribution in [1.82, 2.24) is 10.2 Å². The average Bonchev–Trinajstić information content (AvgIpc) is 2.87. The molecule has 2 aromatic rings. The smallest absolute Gasteiger partial charge is 0.408 e. The summed E-state index contributed by atoms with van der Waals surface area (Å²) >= 11 is 1.53. The molecule has 10 heteroatoms. The van der Waals surface area contributed by atoms with Gasteiger partial charge in [0.05, 0.1) is 13.7 Å². The van der Waals surface area contributed by atoms with E-state index in [0.717, 1.165) is 11.1 Å². The van der Waals surface area contributed by atoms with Crippen LogP contribution in [-0.2, 0) is 14.3 Å². The number of aliphatic hydroxyl groups excluding tert-OH is 1. The van der Waals surface area contributed by atoms with Gasteiger partial charge in [0, 0.05) is 12.2 Å². The standard InChI is InChI=1S/C29H41N3O6S/c1-19-8-9-20(2)23(18-19)25(26(34)30-21-10-12-22(37-6)13-11-21)32(15-16-33)27(35)24(14-17-39-7)31-28(36)38-29(3,4)5/h8-13,18,24-25,33H,14-17H2,1-7H3,(H,30,34)(H,31,36). The average molecular weight is 560 g/mol. The number of amides is 3. The van der Waals surface area contributed by atoms with Gasteiger partial charge < -0.3 is 30.1 Å². The third-order valence-electron chi connectivity index (χ3n) is 5.87. The molecule has 0 saturated carbocycles. The zero-order chi connectivity index (χ0) is 29.2. The quantitative estimate of drug-likeness (QED) is 0.352. The number of nitrogens with one attached hydrogen (secondary N) is 2. The summed E-state index contributed by atoms with van der Waals surface area (Å²) in [6.45, 7) is 8.51. The van der Waals surface area contributed by atoms with E-state index in [4.69, 9.17) is 9.47 Å². The number of benzene rings is 2.